The zero-order valence-corrected chi connectivity index (χ0v) is 11.3. The third-order valence-corrected chi connectivity index (χ3v) is 3.01. The van der Waals surface area contributed by atoms with Crippen LogP contribution in [0.3, 0.4) is 0 Å². The van der Waals surface area contributed by atoms with Crippen LogP contribution in [0.4, 0.5) is 0 Å². The second kappa shape index (κ2) is 5.22. The van der Waals surface area contributed by atoms with Crippen molar-refractivity contribution in [2.75, 3.05) is 0 Å². The molecule has 0 saturated carbocycles. The maximum Gasteiger partial charge on any atom is 0.219 e. The number of nitrogens with two attached hydrogens (primary N) is 1. The molecule has 1 aromatic carbocycles. The topological polar surface area (TPSA) is 61.0 Å². The first-order chi connectivity index (χ1) is 9.74. The van der Waals surface area contributed by atoms with Gasteiger partial charge >= 0.3 is 0 Å². The van der Waals surface area contributed by atoms with E-state index < -0.39 is 0 Å². The number of fused-ring (bicyclic) bond motifs is 1. The van der Waals surface area contributed by atoms with Crippen LogP contribution in [-0.4, -0.2) is 15.0 Å². The molecular formula is C15H11N3OS. The van der Waals surface area contributed by atoms with Crippen molar-refractivity contribution >= 4 is 28.1 Å². The first kappa shape index (κ1) is 12.5. The zero-order chi connectivity index (χ0) is 13.9. The second-order valence-corrected chi connectivity index (χ2v) is 4.59. The molecule has 0 aliphatic heterocycles. The summed E-state index contributed by atoms with van der Waals surface area (Å²) in [5.74, 6) is 1.15. The molecule has 0 aliphatic carbocycles. The van der Waals surface area contributed by atoms with E-state index in [9.17, 15) is 0 Å². The normalized spacial score (nSPS) is 10.4. The molecule has 98 valence electrons. The zero-order valence-electron chi connectivity index (χ0n) is 10.5. The number of hydrogen-bond acceptors (Lipinski definition) is 4. The predicted octanol–water partition coefficient (Wildman–Crippen LogP) is 3.06. The van der Waals surface area contributed by atoms with Crippen LogP contribution < -0.4 is 10.5 Å². The Labute approximate surface area is 121 Å². The minimum atomic E-state index is 0.245. The van der Waals surface area contributed by atoms with Gasteiger partial charge in [-0.1, -0.05) is 24.4 Å². The summed E-state index contributed by atoms with van der Waals surface area (Å²) in [5.41, 5.74) is 6.98. The van der Waals surface area contributed by atoms with Gasteiger partial charge in [0.05, 0.1) is 5.52 Å². The molecule has 0 spiro atoms. The number of hydrogen-bond donors (Lipinski definition) is 1. The number of thiocarbonyl (C=S) groups is 1. The van der Waals surface area contributed by atoms with Crippen LogP contribution in [-0.2, 0) is 0 Å². The third kappa shape index (κ3) is 2.44. The van der Waals surface area contributed by atoms with Gasteiger partial charge < -0.3 is 10.5 Å². The highest BCUT2D eigenvalue weighted by molar-refractivity contribution is 7.80. The summed E-state index contributed by atoms with van der Waals surface area (Å²) in [6.45, 7) is 0. The van der Waals surface area contributed by atoms with Gasteiger partial charge in [-0.3, -0.25) is 4.98 Å². The molecule has 0 saturated heterocycles. The van der Waals surface area contributed by atoms with Gasteiger partial charge in [-0.15, -0.1) is 0 Å². The average Bonchev–Trinajstić information content (AvgIpc) is 2.48. The van der Waals surface area contributed by atoms with Gasteiger partial charge in [0.2, 0.25) is 5.88 Å². The third-order valence-electron chi connectivity index (χ3n) is 2.80. The summed E-state index contributed by atoms with van der Waals surface area (Å²) >= 11 is 4.91. The summed E-state index contributed by atoms with van der Waals surface area (Å²) in [4.78, 5) is 8.80. The fourth-order valence-corrected chi connectivity index (χ4v) is 2.00. The van der Waals surface area contributed by atoms with E-state index in [0.29, 0.717) is 17.3 Å². The molecule has 2 aromatic heterocycles. The number of benzene rings is 1. The molecule has 0 fully saturated rings. The van der Waals surface area contributed by atoms with E-state index in [4.69, 9.17) is 22.7 Å². The highest BCUT2D eigenvalue weighted by atomic mass is 32.1. The molecule has 0 aliphatic rings. The van der Waals surface area contributed by atoms with Gasteiger partial charge in [0, 0.05) is 17.6 Å². The van der Waals surface area contributed by atoms with Crippen LogP contribution in [0.1, 0.15) is 5.69 Å². The highest BCUT2D eigenvalue weighted by Crippen LogP contribution is 2.27. The predicted molar refractivity (Wildman–Crippen MR) is 81.9 cm³/mol. The number of rotatable bonds is 3. The lowest BCUT2D eigenvalue weighted by atomic mass is 10.2. The smallest absolute Gasteiger partial charge is 0.219 e. The lowest BCUT2D eigenvalue weighted by Crippen LogP contribution is -2.11. The fraction of sp³-hybridized carbons (Fsp3) is 0. The Balaban J connectivity index is 2.01. The van der Waals surface area contributed by atoms with E-state index in [2.05, 4.69) is 9.97 Å². The summed E-state index contributed by atoms with van der Waals surface area (Å²) in [5, 5.41) is 0.928. The maximum atomic E-state index is 5.82. The summed E-state index contributed by atoms with van der Waals surface area (Å²) in [6, 6.07) is 14.8. The SMILES string of the molecule is NC(=S)c1cccc(Oc2cccc3ncccc23)n1. The molecule has 0 unspecified atom stereocenters. The summed E-state index contributed by atoms with van der Waals surface area (Å²) < 4.78 is 5.82. The lowest BCUT2D eigenvalue weighted by Gasteiger charge is -2.08. The number of pyridine rings is 2. The molecule has 2 heterocycles. The highest BCUT2D eigenvalue weighted by Gasteiger charge is 2.06. The first-order valence-corrected chi connectivity index (χ1v) is 6.43. The van der Waals surface area contributed by atoms with E-state index >= 15 is 0 Å². The van der Waals surface area contributed by atoms with Gasteiger partial charge in [-0.05, 0) is 30.3 Å². The molecule has 2 N–H and O–H groups in total. The Kier molecular flexibility index (Phi) is 3.26. The van der Waals surface area contributed by atoms with Crippen molar-refractivity contribution < 1.29 is 4.74 Å². The van der Waals surface area contributed by atoms with Gasteiger partial charge in [0.15, 0.2) is 0 Å². The minimum absolute atomic E-state index is 0.245. The van der Waals surface area contributed by atoms with Gasteiger partial charge in [-0.2, -0.15) is 0 Å². The fourth-order valence-electron chi connectivity index (χ4n) is 1.89. The Bertz CT molecular complexity index is 783. The van der Waals surface area contributed by atoms with Crippen LogP contribution in [0.5, 0.6) is 11.6 Å². The van der Waals surface area contributed by atoms with E-state index in [0.717, 1.165) is 10.9 Å². The second-order valence-electron chi connectivity index (χ2n) is 4.15. The molecular weight excluding hydrogens is 270 g/mol. The van der Waals surface area contributed by atoms with Gasteiger partial charge in [-0.25, -0.2) is 4.98 Å². The monoisotopic (exact) mass is 281 g/mol. The lowest BCUT2D eigenvalue weighted by molar-refractivity contribution is 0.468. The van der Waals surface area contributed by atoms with Crippen molar-refractivity contribution in [1.29, 1.82) is 0 Å². The molecule has 3 aromatic rings. The Morgan fingerprint density at radius 2 is 1.90 bits per heavy atom. The number of nitrogens with zero attached hydrogens (tertiary/aromatic N) is 2. The quantitative estimate of drug-likeness (QED) is 0.748. The van der Waals surface area contributed by atoms with Crippen molar-refractivity contribution in [1.82, 2.24) is 9.97 Å². The summed E-state index contributed by atoms with van der Waals surface area (Å²) in [7, 11) is 0. The van der Waals surface area contributed by atoms with Crippen LogP contribution in [0, 0.1) is 0 Å². The Morgan fingerprint density at radius 1 is 1.05 bits per heavy atom. The van der Waals surface area contributed by atoms with Crippen LogP contribution in [0.2, 0.25) is 0 Å². The molecule has 4 nitrogen and oxygen atoms in total. The van der Waals surface area contributed by atoms with Crippen molar-refractivity contribution in [2.24, 2.45) is 5.73 Å². The van der Waals surface area contributed by atoms with E-state index in [1.165, 1.54) is 0 Å². The van der Waals surface area contributed by atoms with Crippen molar-refractivity contribution in [2.45, 2.75) is 0 Å². The molecule has 20 heavy (non-hydrogen) atoms. The van der Waals surface area contributed by atoms with Crippen LogP contribution >= 0.6 is 12.2 Å². The molecule has 3 rings (SSSR count). The minimum Gasteiger partial charge on any atom is -0.438 e. The molecule has 0 bridgehead atoms. The first-order valence-electron chi connectivity index (χ1n) is 6.02. The standard InChI is InChI=1S/C15H11N3OS/c16-15(20)12-6-2-8-14(18-12)19-13-7-1-5-11-10(13)4-3-9-17-11/h1-9H,(H2,16,20). The van der Waals surface area contributed by atoms with Crippen molar-refractivity contribution in [3.05, 3.63) is 60.4 Å². The molecule has 5 heteroatoms. The molecule has 0 atom stereocenters. The largest absolute Gasteiger partial charge is 0.438 e. The van der Waals surface area contributed by atoms with E-state index in [1.54, 1.807) is 24.4 Å². The molecule has 0 amide bonds. The molecule has 0 radical (unpaired) electrons. The maximum absolute atomic E-state index is 5.82. The van der Waals surface area contributed by atoms with Crippen LogP contribution in [0.15, 0.2) is 54.7 Å². The van der Waals surface area contributed by atoms with Gasteiger partial charge in [0.1, 0.15) is 16.4 Å². The van der Waals surface area contributed by atoms with E-state index in [1.807, 2.05) is 30.3 Å². The van der Waals surface area contributed by atoms with Crippen molar-refractivity contribution in [3.63, 3.8) is 0 Å². The number of aromatic nitrogens is 2. The van der Waals surface area contributed by atoms with E-state index in [-0.39, 0.29) is 4.99 Å². The Hall–Kier alpha value is -2.53. The average molecular weight is 281 g/mol. The summed E-state index contributed by atoms with van der Waals surface area (Å²) in [6.07, 6.45) is 1.75. The Morgan fingerprint density at radius 3 is 2.75 bits per heavy atom. The van der Waals surface area contributed by atoms with Crippen molar-refractivity contribution in [3.8, 4) is 11.6 Å². The van der Waals surface area contributed by atoms with Gasteiger partial charge in [0.25, 0.3) is 0 Å². The van der Waals surface area contributed by atoms with Crippen LogP contribution in [0.25, 0.3) is 10.9 Å². The number of ether oxygens (including phenoxy) is 1.